The maximum Gasteiger partial charge on any atom is 0.125 e. The van der Waals surface area contributed by atoms with Gasteiger partial charge in [-0.2, -0.15) is 0 Å². The van der Waals surface area contributed by atoms with Crippen LogP contribution in [-0.4, -0.2) is 33.5 Å². The molecule has 17 heavy (non-hydrogen) atoms. The summed E-state index contributed by atoms with van der Waals surface area (Å²) in [6.07, 6.45) is 0. The van der Waals surface area contributed by atoms with E-state index < -0.39 is 0 Å². The van der Waals surface area contributed by atoms with Gasteiger partial charge in [-0.1, -0.05) is 17.7 Å². The number of rotatable bonds is 8. The Bertz CT molecular complexity index is 332. The minimum Gasteiger partial charge on any atom is -0.491 e. The molecule has 96 valence electrons. The zero-order chi connectivity index (χ0) is 12.5. The molecule has 0 aromatic heterocycles. The first-order valence-corrected chi connectivity index (χ1v) is 6.23. The third-order valence-electron chi connectivity index (χ3n) is 2.13. The Morgan fingerprint density at radius 2 is 1.88 bits per heavy atom. The van der Waals surface area contributed by atoms with Crippen LogP contribution in [0, 0.1) is 0 Å². The van der Waals surface area contributed by atoms with Gasteiger partial charge in [0.25, 0.3) is 0 Å². The molecule has 0 radical (unpaired) electrons. The highest BCUT2D eigenvalue weighted by atomic mass is 35.5. The monoisotopic (exact) mass is 278 g/mol. The molecule has 0 N–H and O–H groups in total. The van der Waals surface area contributed by atoms with Crippen LogP contribution in [0.15, 0.2) is 18.2 Å². The normalized spacial score (nSPS) is 10.5. The third-order valence-corrected chi connectivity index (χ3v) is 2.75. The predicted molar refractivity (Wildman–Crippen MR) is 69.2 cm³/mol. The van der Waals surface area contributed by atoms with Crippen molar-refractivity contribution >= 4 is 23.2 Å². The summed E-state index contributed by atoms with van der Waals surface area (Å²) in [5.74, 6) is 1.04. The molecule has 0 unspecified atom stereocenters. The van der Waals surface area contributed by atoms with Crippen molar-refractivity contribution in [2.24, 2.45) is 0 Å². The fraction of sp³-hybridized carbons (Fsp3) is 0.500. The average Bonchev–Trinajstić information content (AvgIpc) is 2.34. The summed E-state index contributed by atoms with van der Waals surface area (Å²) < 4.78 is 15.7. The van der Waals surface area contributed by atoms with E-state index in [0.717, 1.165) is 5.56 Å². The van der Waals surface area contributed by atoms with E-state index in [4.69, 9.17) is 37.4 Å². The van der Waals surface area contributed by atoms with Crippen molar-refractivity contribution in [3.05, 3.63) is 28.8 Å². The predicted octanol–water partition coefficient (Wildman–Crippen LogP) is 3.12. The van der Waals surface area contributed by atoms with Crippen LogP contribution in [0.25, 0.3) is 0 Å². The fourth-order valence-corrected chi connectivity index (χ4v) is 1.84. The molecule has 1 aromatic carbocycles. The summed E-state index contributed by atoms with van der Waals surface area (Å²) in [4.78, 5) is 0. The summed E-state index contributed by atoms with van der Waals surface area (Å²) in [5.41, 5.74) is 0.813. The third kappa shape index (κ3) is 5.13. The Morgan fingerprint density at radius 3 is 2.59 bits per heavy atom. The Morgan fingerprint density at radius 1 is 1.12 bits per heavy atom. The van der Waals surface area contributed by atoms with Crippen LogP contribution < -0.4 is 4.74 Å². The fourth-order valence-electron chi connectivity index (χ4n) is 1.26. The van der Waals surface area contributed by atoms with E-state index in [1.165, 1.54) is 0 Å². The zero-order valence-electron chi connectivity index (χ0n) is 9.75. The number of hydrogen-bond donors (Lipinski definition) is 0. The molecule has 0 bridgehead atoms. The summed E-state index contributed by atoms with van der Waals surface area (Å²) >= 11 is 11.8. The lowest BCUT2D eigenvalue weighted by Crippen LogP contribution is -2.10. The van der Waals surface area contributed by atoms with E-state index in [-0.39, 0.29) is 0 Å². The van der Waals surface area contributed by atoms with Gasteiger partial charge in [0.15, 0.2) is 0 Å². The number of benzene rings is 1. The molecule has 1 aromatic rings. The maximum absolute atomic E-state index is 6.00. The largest absolute Gasteiger partial charge is 0.491 e. The van der Waals surface area contributed by atoms with Crippen molar-refractivity contribution in [2.45, 2.75) is 5.88 Å². The summed E-state index contributed by atoms with van der Waals surface area (Å²) in [6, 6.07) is 5.47. The molecule has 0 saturated heterocycles. The summed E-state index contributed by atoms with van der Waals surface area (Å²) in [7, 11) is 1.64. The van der Waals surface area contributed by atoms with E-state index in [9.17, 15) is 0 Å². The zero-order valence-corrected chi connectivity index (χ0v) is 11.3. The van der Waals surface area contributed by atoms with Gasteiger partial charge in [0.1, 0.15) is 12.4 Å². The number of halogens is 2. The van der Waals surface area contributed by atoms with Gasteiger partial charge in [-0.05, 0) is 12.1 Å². The molecule has 0 amide bonds. The number of methoxy groups -OCH3 is 1. The molecular formula is C12H16Cl2O3. The van der Waals surface area contributed by atoms with Crippen molar-refractivity contribution in [2.75, 3.05) is 33.5 Å². The van der Waals surface area contributed by atoms with Crippen molar-refractivity contribution in [3.63, 3.8) is 0 Å². The van der Waals surface area contributed by atoms with E-state index >= 15 is 0 Å². The average molecular weight is 279 g/mol. The van der Waals surface area contributed by atoms with Gasteiger partial charge in [0.2, 0.25) is 0 Å². The molecule has 5 heteroatoms. The second kappa shape index (κ2) is 8.59. The molecule has 0 spiro atoms. The molecule has 3 nitrogen and oxygen atoms in total. The smallest absolute Gasteiger partial charge is 0.125 e. The van der Waals surface area contributed by atoms with E-state index in [2.05, 4.69) is 0 Å². The van der Waals surface area contributed by atoms with Crippen LogP contribution in [0.2, 0.25) is 5.02 Å². The Kier molecular flexibility index (Phi) is 7.37. The second-order valence-electron chi connectivity index (χ2n) is 3.30. The van der Waals surface area contributed by atoms with Gasteiger partial charge in [0.05, 0.1) is 25.7 Å². The van der Waals surface area contributed by atoms with E-state index in [1.807, 2.05) is 12.1 Å². The summed E-state index contributed by atoms with van der Waals surface area (Å²) in [6.45, 7) is 2.13. The Labute approximate surface area is 112 Å². The first kappa shape index (κ1) is 14.6. The molecule has 0 heterocycles. The standard InChI is InChI=1S/C12H16Cl2O3/c1-15-5-6-16-7-8-17-12-4-2-3-11(14)10(12)9-13/h2-4H,5-9H2,1H3. The lowest BCUT2D eigenvalue weighted by Gasteiger charge is -2.11. The molecule has 0 aliphatic heterocycles. The van der Waals surface area contributed by atoms with E-state index in [1.54, 1.807) is 13.2 Å². The molecule has 0 atom stereocenters. The highest BCUT2D eigenvalue weighted by Gasteiger charge is 2.06. The lowest BCUT2D eigenvalue weighted by atomic mass is 10.2. The van der Waals surface area contributed by atoms with Crippen molar-refractivity contribution in [1.82, 2.24) is 0 Å². The van der Waals surface area contributed by atoms with Gasteiger partial charge in [-0.3, -0.25) is 0 Å². The quantitative estimate of drug-likeness (QED) is 0.540. The van der Waals surface area contributed by atoms with Crippen molar-refractivity contribution in [1.29, 1.82) is 0 Å². The maximum atomic E-state index is 6.00. The van der Waals surface area contributed by atoms with Crippen LogP contribution in [0.4, 0.5) is 0 Å². The lowest BCUT2D eigenvalue weighted by molar-refractivity contribution is 0.0543. The van der Waals surface area contributed by atoms with Gasteiger partial charge in [-0.15, -0.1) is 11.6 Å². The molecule has 0 saturated carbocycles. The molecular weight excluding hydrogens is 263 g/mol. The van der Waals surface area contributed by atoms with Crippen LogP contribution in [-0.2, 0) is 15.4 Å². The van der Waals surface area contributed by atoms with Gasteiger partial charge < -0.3 is 14.2 Å². The minimum atomic E-state index is 0.333. The van der Waals surface area contributed by atoms with Gasteiger partial charge in [0, 0.05) is 17.7 Å². The second-order valence-corrected chi connectivity index (χ2v) is 3.98. The first-order valence-electron chi connectivity index (χ1n) is 5.32. The van der Waals surface area contributed by atoms with Gasteiger partial charge in [-0.25, -0.2) is 0 Å². The highest BCUT2D eigenvalue weighted by molar-refractivity contribution is 6.32. The van der Waals surface area contributed by atoms with Crippen molar-refractivity contribution < 1.29 is 14.2 Å². The molecule has 0 fully saturated rings. The minimum absolute atomic E-state index is 0.333. The Balaban J connectivity index is 2.33. The molecule has 1 rings (SSSR count). The molecule has 0 aliphatic carbocycles. The van der Waals surface area contributed by atoms with Crippen LogP contribution in [0.5, 0.6) is 5.75 Å². The van der Waals surface area contributed by atoms with Crippen LogP contribution >= 0.6 is 23.2 Å². The van der Waals surface area contributed by atoms with Crippen molar-refractivity contribution in [3.8, 4) is 5.75 Å². The topological polar surface area (TPSA) is 27.7 Å². The SMILES string of the molecule is COCCOCCOc1cccc(Cl)c1CCl. The first-order chi connectivity index (χ1) is 8.29. The van der Waals surface area contributed by atoms with Crippen LogP contribution in [0.3, 0.4) is 0 Å². The number of ether oxygens (including phenoxy) is 3. The van der Waals surface area contributed by atoms with Gasteiger partial charge >= 0.3 is 0 Å². The number of hydrogen-bond acceptors (Lipinski definition) is 3. The highest BCUT2D eigenvalue weighted by Crippen LogP contribution is 2.27. The van der Waals surface area contributed by atoms with E-state index in [0.29, 0.717) is 43.1 Å². The molecule has 0 aliphatic rings. The van der Waals surface area contributed by atoms with Crippen LogP contribution in [0.1, 0.15) is 5.56 Å². The number of alkyl halides is 1. The Hall–Kier alpha value is -0.480. The summed E-state index contributed by atoms with van der Waals surface area (Å²) in [5, 5.41) is 0.623.